The molecule has 1 aliphatic rings. The molecule has 0 aromatic carbocycles. The van der Waals surface area contributed by atoms with Crippen LogP contribution in [0.3, 0.4) is 0 Å². The number of aromatic nitrogens is 3. The van der Waals surface area contributed by atoms with Crippen molar-refractivity contribution in [3.05, 3.63) is 49.6 Å². The summed E-state index contributed by atoms with van der Waals surface area (Å²) in [6, 6.07) is -0.691. The number of carbonyl (C=O) groups excluding carboxylic acids is 1. The molecule has 2 N–H and O–H groups in total. The van der Waals surface area contributed by atoms with E-state index in [2.05, 4.69) is 10.1 Å². The van der Waals surface area contributed by atoms with Gasteiger partial charge >= 0.3 is 12.1 Å². The van der Waals surface area contributed by atoms with Gasteiger partial charge in [-0.05, 0) is 42.6 Å². The van der Waals surface area contributed by atoms with Crippen LogP contribution in [-0.2, 0) is 17.4 Å². The monoisotopic (exact) mass is 578 g/mol. The first-order valence-electron chi connectivity index (χ1n) is 12.2. The third-order valence-corrected chi connectivity index (χ3v) is 7.50. The Kier molecular flexibility index (Phi) is 8.92. The van der Waals surface area contributed by atoms with Crippen molar-refractivity contribution in [2.45, 2.75) is 65.6 Å². The second-order valence-corrected chi connectivity index (χ2v) is 11.8. The molecule has 1 saturated carbocycles. The van der Waals surface area contributed by atoms with Crippen molar-refractivity contribution in [1.82, 2.24) is 19.7 Å². The van der Waals surface area contributed by atoms with Gasteiger partial charge < -0.3 is 15.0 Å². The van der Waals surface area contributed by atoms with Crippen molar-refractivity contribution in [2.24, 2.45) is 17.3 Å². The Hall–Kier alpha value is -2.53. The van der Waals surface area contributed by atoms with Gasteiger partial charge in [0.25, 0.3) is 11.5 Å². The molecule has 0 spiro atoms. The van der Waals surface area contributed by atoms with E-state index in [4.69, 9.17) is 23.2 Å². The summed E-state index contributed by atoms with van der Waals surface area (Å²) in [7, 11) is 0. The second-order valence-electron chi connectivity index (χ2n) is 11.0. The normalized spacial score (nSPS) is 20.4. The molecule has 2 heterocycles. The summed E-state index contributed by atoms with van der Waals surface area (Å²) in [5.74, 6) is -2.82. The molecular formula is C25H31Cl2F3N4O4. The van der Waals surface area contributed by atoms with Crippen molar-refractivity contribution in [2.75, 3.05) is 13.1 Å². The van der Waals surface area contributed by atoms with Gasteiger partial charge in [-0.2, -0.15) is 18.3 Å². The van der Waals surface area contributed by atoms with Crippen molar-refractivity contribution in [1.29, 1.82) is 0 Å². The molecule has 2 aromatic heterocycles. The molecule has 210 valence electrons. The Balaban J connectivity index is 1.96. The number of nitrogens with one attached hydrogen (secondary N) is 1. The largest absolute Gasteiger partial charge is 0.481 e. The van der Waals surface area contributed by atoms with Gasteiger partial charge in [0.1, 0.15) is 5.02 Å². The van der Waals surface area contributed by atoms with Crippen LogP contribution in [0, 0.1) is 17.3 Å². The molecule has 3 unspecified atom stereocenters. The van der Waals surface area contributed by atoms with E-state index in [1.165, 1.54) is 11.1 Å². The smallest absolute Gasteiger partial charge is 0.433 e. The summed E-state index contributed by atoms with van der Waals surface area (Å²) in [6.07, 6.45) is -2.01. The minimum absolute atomic E-state index is 0.0395. The molecule has 0 bridgehead atoms. The highest BCUT2D eigenvalue weighted by Gasteiger charge is 2.44. The fraction of sp³-hybridized carbons (Fsp3) is 0.600. The molecule has 1 aliphatic carbocycles. The van der Waals surface area contributed by atoms with Crippen molar-refractivity contribution in [3.63, 3.8) is 0 Å². The number of aromatic amines is 1. The number of carboxylic acid groups (broad SMARTS) is 1. The lowest BCUT2D eigenvalue weighted by atomic mass is 9.78. The van der Waals surface area contributed by atoms with E-state index in [1.54, 1.807) is 6.92 Å². The highest BCUT2D eigenvalue weighted by atomic mass is 35.5. The molecular weight excluding hydrogens is 548 g/mol. The van der Waals surface area contributed by atoms with E-state index in [1.807, 2.05) is 20.8 Å². The van der Waals surface area contributed by atoms with Gasteiger partial charge in [0.15, 0.2) is 5.69 Å². The van der Waals surface area contributed by atoms with Crippen LogP contribution in [0.1, 0.15) is 74.6 Å². The number of alkyl halides is 3. The predicted molar refractivity (Wildman–Crippen MR) is 137 cm³/mol. The number of H-pyrrole nitrogens is 1. The minimum atomic E-state index is -4.87. The van der Waals surface area contributed by atoms with Gasteiger partial charge in [0.2, 0.25) is 0 Å². The van der Waals surface area contributed by atoms with Crippen LogP contribution in [0.4, 0.5) is 13.2 Å². The van der Waals surface area contributed by atoms with E-state index in [9.17, 15) is 32.7 Å². The summed E-state index contributed by atoms with van der Waals surface area (Å²) in [6.45, 7) is 7.31. The zero-order chi connectivity index (χ0) is 28.6. The number of hydrogen-bond donors (Lipinski definition) is 2. The second kappa shape index (κ2) is 11.3. The van der Waals surface area contributed by atoms with Gasteiger partial charge in [-0.1, -0.05) is 50.9 Å². The Morgan fingerprint density at radius 2 is 1.89 bits per heavy atom. The topological polar surface area (TPSA) is 108 Å². The molecule has 2 aromatic rings. The number of nitrogens with zero attached hydrogens (tertiary/aromatic N) is 3. The zero-order valence-electron chi connectivity index (χ0n) is 21.5. The van der Waals surface area contributed by atoms with Gasteiger partial charge in [-0.3, -0.25) is 19.1 Å². The van der Waals surface area contributed by atoms with Crippen LogP contribution in [0.25, 0.3) is 0 Å². The van der Waals surface area contributed by atoms with Gasteiger partial charge in [-0.25, -0.2) is 0 Å². The number of carboxylic acids is 1. The molecule has 1 fully saturated rings. The zero-order valence-corrected chi connectivity index (χ0v) is 23.0. The van der Waals surface area contributed by atoms with Gasteiger partial charge in [0, 0.05) is 19.3 Å². The maximum absolute atomic E-state index is 14.4. The SMILES string of the molecule is CC1CC(n2ncc(C(=O)N(CCc3c(Cl)c[nH]c(=O)c3Cl)CC(C)(C)C)c2C(F)(F)F)CCC1C(=O)O. The van der Waals surface area contributed by atoms with Gasteiger partial charge in [0.05, 0.1) is 28.7 Å². The number of aliphatic carboxylic acids is 1. The number of pyridine rings is 1. The number of hydrogen-bond acceptors (Lipinski definition) is 4. The number of halogens is 5. The first-order chi connectivity index (χ1) is 17.5. The highest BCUT2D eigenvalue weighted by molar-refractivity contribution is 6.35. The molecule has 1 amide bonds. The first-order valence-corrected chi connectivity index (χ1v) is 13.0. The Labute approximate surface area is 228 Å². The summed E-state index contributed by atoms with van der Waals surface area (Å²) in [4.78, 5) is 40.6. The molecule has 13 heteroatoms. The lowest BCUT2D eigenvalue weighted by Crippen LogP contribution is -2.40. The molecule has 0 saturated heterocycles. The van der Waals surface area contributed by atoms with Crippen molar-refractivity contribution < 1.29 is 27.9 Å². The fourth-order valence-electron chi connectivity index (χ4n) is 5.03. The van der Waals surface area contributed by atoms with Crippen molar-refractivity contribution >= 4 is 35.1 Å². The molecule has 3 atom stereocenters. The van der Waals surface area contributed by atoms with Crippen LogP contribution in [0.15, 0.2) is 17.2 Å². The molecule has 0 aliphatic heterocycles. The summed E-state index contributed by atoms with van der Waals surface area (Å²) >= 11 is 12.3. The molecule has 8 nitrogen and oxygen atoms in total. The van der Waals surface area contributed by atoms with Crippen LogP contribution in [0.5, 0.6) is 0 Å². The fourth-order valence-corrected chi connectivity index (χ4v) is 5.57. The maximum atomic E-state index is 14.4. The minimum Gasteiger partial charge on any atom is -0.481 e. The lowest BCUT2D eigenvalue weighted by Gasteiger charge is -2.33. The van der Waals surface area contributed by atoms with E-state index in [-0.39, 0.29) is 54.7 Å². The summed E-state index contributed by atoms with van der Waals surface area (Å²) < 4.78 is 43.9. The van der Waals surface area contributed by atoms with Crippen LogP contribution in [0.2, 0.25) is 10.0 Å². The first kappa shape index (κ1) is 30.0. The van der Waals surface area contributed by atoms with Crippen molar-refractivity contribution in [3.8, 4) is 0 Å². The van der Waals surface area contributed by atoms with Gasteiger partial charge in [-0.15, -0.1) is 0 Å². The average molecular weight is 579 g/mol. The number of carbonyl (C=O) groups is 2. The van der Waals surface area contributed by atoms with E-state index in [0.29, 0.717) is 5.56 Å². The third-order valence-electron chi connectivity index (χ3n) is 6.77. The van der Waals surface area contributed by atoms with Crippen LogP contribution in [-0.4, -0.2) is 49.7 Å². The standard InChI is InChI=1S/C25H31Cl2F3N4O4/c1-13-9-14(5-6-15(13)23(37)38)34-20(25(28,29)30)17(10-32-34)22(36)33(12-24(2,3)4)8-7-16-18(26)11-31-21(35)19(16)27/h10-11,13-15H,5-9,12H2,1-4H3,(H,31,35)(H,37,38). The quantitative estimate of drug-likeness (QED) is 0.438. The summed E-state index contributed by atoms with van der Waals surface area (Å²) in [5, 5.41) is 13.4. The Bertz CT molecular complexity index is 1250. The van der Waals surface area contributed by atoms with E-state index < -0.39 is 52.2 Å². The van der Waals surface area contributed by atoms with E-state index >= 15 is 0 Å². The molecule has 0 radical (unpaired) electrons. The Morgan fingerprint density at radius 3 is 2.45 bits per heavy atom. The number of rotatable bonds is 7. The maximum Gasteiger partial charge on any atom is 0.433 e. The third kappa shape index (κ3) is 6.72. The molecule has 38 heavy (non-hydrogen) atoms. The summed E-state index contributed by atoms with van der Waals surface area (Å²) in [5.41, 5.74) is -2.47. The van der Waals surface area contributed by atoms with Crippen LogP contribution < -0.4 is 5.56 Å². The van der Waals surface area contributed by atoms with Crippen LogP contribution >= 0.6 is 23.2 Å². The lowest BCUT2D eigenvalue weighted by molar-refractivity contribution is -0.149. The number of amides is 1. The highest BCUT2D eigenvalue weighted by Crippen LogP contribution is 2.41. The average Bonchev–Trinajstić information content (AvgIpc) is 3.25. The Morgan fingerprint density at radius 1 is 1.24 bits per heavy atom. The predicted octanol–water partition coefficient (Wildman–Crippen LogP) is 5.69. The molecule has 3 rings (SSSR count). The van der Waals surface area contributed by atoms with E-state index in [0.717, 1.165) is 10.9 Å².